The van der Waals surface area contributed by atoms with Gasteiger partial charge in [0.2, 0.25) is 0 Å². The first kappa shape index (κ1) is 21.2. The van der Waals surface area contributed by atoms with Gasteiger partial charge in [0, 0.05) is 16.8 Å². The van der Waals surface area contributed by atoms with E-state index in [0.717, 1.165) is 11.1 Å². The summed E-state index contributed by atoms with van der Waals surface area (Å²) in [5.41, 5.74) is 2.86. The Morgan fingerprint density at radius 3 is 2.55 bits per heavy atom. The number of carbonyl (C=O) groups excluding carboxylic acids is 2. The van der Waals surface area contributed by atoms with Crippen molar-refractivity contribution in [2.24, 2.45) is 0 Å². The van der Waals surface area contributed by atoms with Crippen molar-refractivity contribution >= 4 is 40.7 Å². The molecular formula is C24H20Cl2N2O3. The summed E-state index contributed by atoms with van der Waals surface area (Å²) in [4.78, 5) is 27.1. The van der Waals surface area contributed by atoms with Crippen LogP contribution >= 0.6 is 23.2 Å². The van der Waals surface area contributed by atoms with E-state index in [0.29, 0.717) is 33.6 Å². The number of nitrogens with zero attached hydrogens (tertiary/aromatic N) is 1. The van der Waals surface area contributed by atoms with Crippen molar-refractivity contribution in [2.75, 3.05) is 11.9 Å². The number of anilines is 1. The minimum absolute atomic E-state index is 0.0286. The zero-order chi connectivity index (χ0) is 22.0. The summed E-state index contributed by atoms with van der Waals surface area (Å²) in [6, 6.07) is 19.8. The van der Waals surface area contributed by atoms with Crippen LogP contribution in [0.5, 0.6) is 5.75 Å². The molecule has 0 saturated heterocycles. The van der Waals surface area contributed by atoms with Gasteiger partial charge in [0.25, 0.3) is 11.8 Å². The topological polar surface area (TPSA) is 58.6 Å². The average Bonchev–Trinajstić information content (AvgIpc) is 2.94. The summed E-state index contributed by atoms with van der Waals surface area (Å²) in [7, 11) is 0. The van der Waals surface area contributed by atoms with Crippen molar-refractivity contribution in [3.63, 3.8) is 0 Å². The molecule has 1 heterocycles. The van der Waals surface area contributed by atoms with Crippen LogP contribution in [0.15, 0.2) is 66.7 Å². The largest absolute Gasteiger partial charge is 0.483 e. The van der Waals surface area contributed by atoms with Crippen molar-refractivity contribution in [3.8, 4) is 5.75 Å². The predicted octanol–water partition coefficient (Wildman–Crippen LogP) is 5.73. The van der Waals surface area contributed by atoms with Gasteiger partial charge in [0.15, 0.2) is 6.61 Å². The molecule has 7 heteroatoms. The predicted molar refractivity (Wildman–Crippen MR) is 122 cm³/mol. The second kappa shape index (κ2) is 9.00. The van der Waals surface area contributed by atoms with Crippen molar-refractivity contribution in [2.45, 2.75) is 19.5 Å². The third-order valence-corrected chi connectivity index (χ3v) is 6.00. The normalized spacial score (nSPS) is 14.3. The lowest BCUT2D eigenvalue weighted by Crippen LogP contribution is -2.34. The Bertz CT molecular complexity index is 1130. The number of fused-ring (bicyclic) bond motifs is 1. The molecule has 0 unspecified atom stereocenters. The molecule has 1 atom stereocenters. The van der Waals surface area contributed by atoms with Gasteiger partial charge < -0.3 is 15.0 Å². The first-order valence-electron chi connectivity index (χ1n) is 9.79. The summed E-state index contributed by atoms with van der Waals surface area (Å²) < 4.78 is 5.71. The molecule has 1 aliphatic heterocycles. The second-order valence-electron chi connectivity index (χ2n) is 7.30. The Kier molecular flexibility index (Phi) is 6.16. The lowest BCUT2D eigenvalue weighted by Gasteiger charge is -2.28. The quantitative estimate of drug-likeness (QED) is 0.547. The van der Waals surface area contributed by atoms with Crippen LogP contribution < -0.4 is 10.1 Å². The number of rotatable bonds is 4. The first-order valence-corrected chi connectivity index (χ1v) is 10.5. The van der Waals surface area contributed by atoms with E-state index < -0.39 is 0 Å². The molecule has 0 aromatic heterocycles. The molecule has 1 N–H and O–H groups in total. The Balaban J connectivity index is 1.56. The van der Waals surface area contributed by atoms with Gasteiger partial charge in [-0.1, -0.05) is 53.5 Å². The molecule has 1 aliphatic rings. The highest BCUT2D eigenvalue weighted by Crippen LogP contribution is 2.31. The van der Waals surface area contributed by atoms with E-state index in [9.17, 15) is 9.59 Å². The molecule has 4 rings (SSSR count). The number of benzene rings is 3. The maximum absolute atomic E-state index is 12.7. The van der Waals surface area contributed by atoms with E-state index in [1.165, 1.54) is 6.07 Å². The summed E-state index contributed by atoms with van der Waals surface area (Å²) in [6.45, 7) is 2.34. The lowest BCUT2D eigenvalue weighted by molar-refractivity contribution is -0.135. The molecule has 5 nitrogen and oxygen atoms in total. The summed E-state index contributed by atoms with van der Waals surface area (Å²) >= 11 is 11.9. The lowest BCUT2D eigenvalue weighted by atomic mass is 10.1. The van der Waals surface area contributed by atoms with Crippen LogP contribution in [-0.4, -0.2) is 23.3 Å². The Morgan fingerprint density at radius 2 is 1.81 bits per heavy atom. The van der Waals surface area contributed by atoms with Gasteiger partial charge >= 0.3 is 0 Å². The third kappa shape index (κ3) is 4.68. The molecule has 0 aliphatic carbocycles. The maximum Gasteiger partial charge on any atom is 0.261 e. The standard InChI is InChI=1S/C24H20Cl2N2O3/c1-15(16-5-3-2-4-6-16)28-13-18-11-19(8-10-22(18)31-14-23(28)29)27-24(30)17-7-9-20(25)21(26)12-17/h2-12,15H,13-14H2,1H3,(H,27,30)/t15-/m0/s1. The van der Waals surface area contributed by atoms with Crippen LogP contribution in [0.3, 0.4) is 0 Å². The molecule has 0 fully saturated rings. The molecule has 0 radical (unpaired) electrons. The van der Waals surface area contributed by atoms with Crippen molar-refractivity contribution < 1.29 is 14.3 Å². The molecular weight excluding hydrogens is 435 g/mol. The number of halogens is 2. The number of hydrogen-bond donors (Lipinski definition) is 1. The van der Waals surface area contributed by atoms with Crippen molar-refractivity contribution in [1.82, 2.24) is 4.90 Å². The number of hydrogen-bond acceptors (Lipinski definition) is 3. The van der Waals surface area contributed by atoms with Gasteiger partial charge in [-0.25, -0.2) is 0 Å². The van der Waals surface area contributed by atoms with Gasteiger partial charge in [-0.15, -0.1) is 0 Å². The number of amides is 2. The third-order valence-electron chi connectivity index (χ3n) is 5.26. The highest BCUT2D eigenvalue weighted by Gasteiger charge is 2.26. The minimum Gasteiger partial charge on any atom is -0.483 e. The molecule has 158 valence electrons. The first-order chi connectivity index (χ1) is 14.9. The summed E-state index contributed by atoms with van der Waals surface area (Å²) in [5, 5.41) is 3.56. The number of ether oxygens (including phenoxy) is 1. The van der Waals surface area contributed by atoms with E-state index >= 15 is 0 Å². The SMILES string of the molecule is C[C@@H](c1ccccc1)N1Cc2cc(NC(=O)c3ccc(Cl)c(Cl)c3)ccc2OCC1=O. The van der Waals surface area contributed by atoms with Crippen LogP contribution in [-0.2, 0) is 11.3 Å². The van der Waals surface area contributed by atoms with Crippen LogP contribution in [0.25, 0.3) is 0 Å². The molecule has 3 aromatic rings. The molecule has 0 saturated carbocycles. The van der Waals surface area contributed by atoms with Crippen LogP contribution in [0, 0.1) is 0 Å². The van der Waals surface area contributed by atoms with Gasteiger partial charge in [-0.05, 0) is 48.9 Å². The number of carbonyl (C=O) groups is 2. The highest BCUT2D eigenvalue weighted by atomic mass is 35.5. The van der Waals surface area contributed by atoms with E-state index in [4.69, 9.17) is 27.9 Å². The fraction of sp³-hybridized carbons (Fsp3) is 0.167. The van der Waals surface area contributed by atoms with Crippen LogP contribution in [0.2, 0.25) is 10.0 Å². The Morgan fingerprint density at radius 1 is 1.03 bits per heavy atom. The Hall–Kier alpha value is -3.02. The monoisotopic (exact) mass is 454 g/mol. The Labute approximate surface area is 190 Å². The minimum atomic E-state index is -0.307. The summed E-state index contributed by atoms with van der Waals surface area (Å²) in [6.07, 6.45) is 0. The average molecular weight is 455 g/mol. The van der Waals surface area contributed by atoms with Gasteiger partial charge in [0.1, 0.15) is 5.75 Å². The van der Waals surface area contributed by atoms with E-state index in [1.807, 2.05) is 43.3 Å². The van der Waals surface area contributed by atoms with E-state index in [1.54, 1.807) is 29.2 Å². The van der Waals surface area contributed by atoms with Crippen LogP contribution in [0.1, 0.15) is 34.5 Å². The molecule has 0 bridgehead atoms. The zero-order valence-electron chi connectivity index (χ0n) is 16.8. The van der Waals surface area contributed by atoms with E-state index in [-0.39, 0.29) is 24.5 Å². The molecule has 0 spiro atoms. The van der Waals surface area contributed by atoms with Gasteiger partial charge in [0.05, 0.1) is 22.6 Å². The molecule has 3 aromatic carbocycles. The zero-order valence-corrected chi connectivity index (χ0v) is 18.3. The van der Waals surface area contributed by atoms with E-state index in [2.05, 4.69) is 5.32 Å². The highest BCUT2D eigenvalue weighted by molar-refractivity contribution is 6.42. The smallest absolute Gasteiger partial charge is 0.261 e. The van der Waals surface area contributed by atoms with Crippen LogP contribution in [0.4, 0.5) is 5.69 Å². The summed E-state index contributed by atoms with van der Waals surface area (Å²) in [5.74, 6) is 0.233. The van der Waals surface area contributed by atoms with Gasteiger partial charge in [-0.2, -0.15) is 0 Å². The van der Waals surface area contributed by atoms with Crippen molar-refractivity contribution in [3.05, 3.63) is 93.5 Å². The molecule has 31 heavy (non-hydrogen) atoms. The second-order valence-corrected chi connectivity index (χ2v) is 8.12. The van der Waals surface area contributed by atoms with Crippen molar-refractivity contribution in [1.29, 1.82) is 0 Å². The maximum atomic E-state index is 12.7. The fourth-order valence-corrected chi connectivity index (χ4v) is 3.82. The number of nitrogens with one attached hydrogen (secondary N) is 1. The van der Waals surface area contributed by atoms with Gasteiger partial charge in [-0.3, -0.25) is 9.59 Å². The fourth-order valence-electron chi connectivity index (χ4n) is 3.52. The molecule has 2 amide bonds.